The van der Waals surface area contributed by atoms with Crippen LogP contribution in [0.4, 0.5) is 5.69 Å². The first-order valence-electron chi connectivity index (χ1n) is 8.71. The molecule has 0 atom stereocenters. The highest BCUT2D eigenvalue weighted by Crippen LogP contribution is 2.31. The van der Waals surface area contributed by atoms with Crippen molar-refractivity contribution in [3.8, 4) is 5.75 Å². The Labute approximate surface area is 147 Å². The van der Waals surface area contributed by atoms with Crippen LogP contribution in [-0.4, -0.2) is 47.7 Å². The van der Waals surface area contributed by atoms with Crippen LogP contribution in [0.15, 0.2) is 22.7 Å². The fourth-order valence-corrected chi connectivity index (χ4v) is 2.84. The van der Waals surface area contributed by atoms with E-state index in [-0.39, 0.29) is 5.91 Å². The van der Waals surface area contributed by atoms with Crippen molar-refractivity contribution >= 4 is 11.6 Å². The summed E-state index contributed by atoms with van der Waals surface area (Å²) in [4.78, 5) is 21.0. The third-order valence-electron chi connectivity index (χ3n) is 4.28. The fourth-order valence-electron chi connectivity index (χ4n) is 2.84. The largest absolute Gasteiger partial charge is 0.490 e. The predicted octanol–water partition coefficient (Wildman–Crippen LogP) is 2.51. The Morgan fingerprint density at radius 1 is 1.36 bits per heavy atom. The van der Waals surface area contributed by atoms with E-state index >= 15 is 0 Å². The summed E-state index contributed by atoms with van der Waals surface area (Å²) < 4.78 is 10.9. The maximum Gasteiger partial charge on any atom is 0.254 e. The molecular weight excluding hydrogens is 320 g/mol. The number of aryl methyl sites for hydroxylation is 1. The minimum atomic E-state index is -0.0658. The van der Waals surface area contributed by atoms with Gasteiger partial charge in [-0.25, -0.2) is 0 Å². The lowest BCUT2D eigenvalue weighted by atomic mass is 10.1. The van der Waals surface area contributed by atoms with Crippen molar-refractivity contribution in [3.05, 3.63) is 35.5 Å². The molecule has 1 aromatic carbocycles. The van der Waals surface area contributed by atoms with E-state index in [1.165, 1.54) is 0 Å². The molecule has 7 nitrogen and oxygen atoms in total. The quantitative estimate of drug-likeness (QED) is 0.802. The number of carbonyl (C=O) groups excluding carboxylic acids is 1. The van der Waals surface area contributed by atoms with Crippen molar-refractivity contribution < 1.29 is 14.1 Å². The van der Waals surface area contributed by atoms with Crippen molar-refractivity contribution in [2.24, 2.45) is 0 Å². The maximum absolute atomic E-state index is 12.9. The normalized spacial score (nSPS) is 13.3. The molecule has 0 bridgehead atoms. The predicted molar refractivity (Wildman–Crippen MR) is 93.9 cm³/mol. The molecule has 0 spiro atoms. The minimum absolute atomic E-state index is 0.0658. The van der Waals surface area contributed by atoms with Gasteiger partial charge < -0.3 is 19.1 Å². The molecular formula is C18H24N4O3. The summed E-state index contributed by atoms with van der Waals surface area (Å²) in [5.41, 5.74) is 1.61. The smallest absolute Gasteiger partial charge is 0.254 e. The SMILES string of the molecule is CCCc1nc(CN(CC)C(=O)c2ccc3c(c2)OCCN3C)no1. The summed E-state index contributed by atoms with van der Waals surface area (Å²) in [5.74, 6) is 1.84. The fraction of sp³-hybridized carbons (Fsp3) is 0.500. The van der Waals surface area contributed by atoms with Gasteiger partial charge in [-0.2, -0.15) is 4.98 Å². The van der Waals surface area contributed by atoms with Crippen LogP contribution in [0, 0.1) is 0 Å². The van der Waals surface area contributed by atoms with Gasteiger partial charge in [-0.1, -0.05) is 12.1 Å². The minimum Gasteiger partial charge on any atom is -0.490 e. The highest BCUT2D eigenvalue weighted by Gasteiger charge is 2.21. The standard InChI is InChI=1S/C18H24N4O3/c1-4-6-17-19-16(20-25-17)12-22(5-2)18(23)13-7-8-14-15(11-13)24-10-9-21(14)3/h7-8,11H,4-6,9-10,12H2,1-3H3. The highest BCUT2D eigenvalue weighted by atomic mass is 16.5. The Morgan fingerprint density at radius 3 is 2.96 bits per heavy atom. The van der Waals surface area contributed by atoms with Gasteiger partial charge in [0.1, 0.15) is 12.4 Å². The molecule has 2 aromatic rings. The van der Waals surface area contributed by atoms with E-state index in [0.29, 0.717) is 37.0 Å². The molecule has 0 aliphatic carbocycles. The van der Waals surface area contributed by atoms with Crippen LogP contribution in [0.1, 0.15) is 42.3 Å². The summed E-state index contributed by atoms with van der Waals surface area (Å²) in [6, 6.07) is 5.59. The Kier molecular flexibility index (Phi) is 5.21. The van der Waals surface area contributed by atoms with Crippen LogP contribution < -0.4 is 9.64 Å². The summed E-state index contributed by atoms with van der Waals surface area (Å²) in [5, 5.41) is 3.97. The molecule has 25 heavy (non-hydrogen) atoms. The Hall–Kier alpha value is -2.57. The van der Waals surface area contributed by atoms with Gasteiger partial charge in [0.25, 0.3) is 5.91 Å². The van der Waals surface area contributed by atoms with Gasteiger partial charge in [-0.3, -0.25) is 4.79 Å². The molecule has 134 valence electrons. The number of hydrogen-bond donors (Lipinski definition) is 0. The second-order valence-electron chi connectivity index (χ2n) is 6.13. The van der Waals surface area contributed by atoms with E-state index in [4.69, 9.17) is 9.26 Å². The van der Waals surface area contributed by atoms with E-state index in [0.717, 1.165) is 30.8 Å². The van der Waals surface area contributed by atoms with Crippen LogP contribution >= 0.6 is 0 Å². The molecule has 0 radical (unpaired) electrons. The highest BCUT2D eigenvalue weighted by molar-refractivity contribution is 5.95. The third kappa shape index (κ3) is 3.75. The van der Waals surface area contributed by atoms with E-state index in [2.05, 4.69) is 22.0 Å². The number of benzene rings is 1. The van der Waals surface area contributed by atoms with Crippen molar-refractivity contribution in [3.63, 3.8) is 0 Å². The molecule has 1 aliphatic heterocycles. The van der Waals surface area contributed by atoms with Crippen molar-refractivity contribution in [2.45, 2.75) is 33.2 Å². The van der Waals surface area contributed by atoms with E-state index in [1.807, 2.05) is 32.2 Å². The van der Waals surface area contributed by atoms with Gasteiger partial charge in [-0.15, -0.1) is 0 Å². The average molecular weight is 344 g/mol. The molecule has 2 heterocycles. The second kappa shape index (κ2) is 7.55. The Balaban J connectivity index is 1.75. The summed E-state index contributed by atoms with van der Waals surface area (Å²) in [7, 11) is 2.02. The Morgan fingerprint density at radius 2 is 2.20 bits per heavy atom. The van der Waals surface area contributed by atoms with Gasteiger partial charge in [0, 0.05) is 25.6 Å². The van der Waals surface area contributed by atoms with E-state index in [9.17, 15) is 4.79 Å². The molecule has 1 aliphatic rings. The van der Waals surface area contributed by atoms with Crippen LogP contribution in [0.3, 0.4) is 0 Å². The molecule has 3 rings (SSSR count). The average Bonchev–Trinajstić information content (AvgIpc) is 3.06. The zero-order valence-corrected chi connectivity index (χ0v) is 15.0. The van der Waals surface area contributed by atoms with Gasteiger partial charge in [0.2, 0.25) is 5.89 Å². The maximum atomic E-state index is 12.9. The van der Waals surface area contributed by atoms with E-state index < -0.39 is 0 Å². The number of ether oxygens (including phenoxy) is 1. The van der Waals surface area contributed by atoms with Gasteiger partial charge >= 0.3 is 0 Å². The monoisotopic (exact) mass is 344 g/mol. The topological polar surface area (TPSA) is 71.7 Å². The first-order valence-corrected chi connectivity index (χ1v) is 8.71. The third-order valence-corrected chi connectivity index (χ3v) is 4.28. The zero-order chi connectivity index (χ0) is 17.8. The second-order valence-corrected chi connectivity index (χ2v) is 6.13. The van der Waals surface area contributed by atoms with Gasteiger partial charge in [0.05, 0.1) is 18.8 Å². The first-order chi connectivity index (χ1) is 12.1. The molecule has 1 aromatic heterocycles. The summed E-state index contributed by atoms with van der Waals surface area (Å²) in [6.07, 6.45) is 1.70. The number of carbonyl (C=O) groups is 1. The lowest BCUT2D eigenvalue weighted by molar-refractivity contribution is 0.0747. The number of anilines is 1. The number of rotatable bonds is 6. The van der Waals surface area contributed by atoms with Gasteiger partial charge in [0.15, 0.2) is 5.82 Å². The number of likely N-dealkylation sites (N-methyl/N-ethyl adjacent to an activating group) is 1. The number of hydrogen-bond acceptors (Lipinski definition) is 6. The molecule has 0 saturated heterocycles. The van der Waals surface area contributed by atoms with Crippen molar-refractivity contribution in [2.75, 3.05) is 31.6 Å². The molecule has 0 unspecified atom stereocenters. The van der Waals surface area contributed by atoms with Crippen LogP contribution in [-0.2, 0) is 13.0 Å². The van der Waals surface area contributed by atoms with E-state index in [1.54, 1.807) is 4.90 Å². The van der Waals surface area contributed by atoms with Crippen molar-refractivity contribution in [1.29, 1.82) is 0 Å². The number of nitrogens with zero attached hydrogens (tertiary/aromatic N) is 4. The summed E-state index contributed by atoms with van der Waals surface area (Å²) >= 11 is 0. The number of fused-ring (bicyclic) bond motifs is 1. The first kappa shape index (κ1) is 17.3. The van der Waals surface area contributed by atoms with Crippen LogP contribution in [0.5, 0.6) is 5.75 Å². The lowest BCUT2D eigenvalue weighted by Crippen LogP contribution is -2.32. The zero-order valence-electron chi connectivity index (χ0n) is 15.0. The summed E-state index contributed by atoms with van der Waals surface area (Å²) in [6.45, 7) is 6.37. The molecule has 0 fully saturated rings. The van der Waals surface area contributed by atoms with Gasteiger partial charge in [-0.05, 0) is 31.5 Å². The Bertz CT molecular complexity index is 744. The van der Waals surface area contributed by atoms with Crippen LogP contribution in [0.2, 0.25) is 0 Å². The number of aromatic nitrogens is 2. The lowest BCUT2D eigenvalue weighted by Gasteiger charge is -2.28. The molecule has 0 saturated carbocycles. The molecule has 0 N–H and O–H groups in total. The molecule has 7 heteroatoms. The van der Waals surface area contributed by atoms with Crippen molar-refractivity contribution in [1.82, 2.24) is 15.0 Å². The number of amides is 1. The molecule has 1 amide bonds. The van der Waals surface area contributed by atoms with Crippen LogP contribution in [0.25, 0.3) is 0 Å².